The maximum atomic E-state index is 11.5. The van der Waals surface area contributed by atoms with E-state index in [9.17, 15) is 4.79 Å². The summed E-state index contributed by atoms with van der Waals surface area (Å²) in [5.74, 6) is 2.26. The van der Waals surface area contributed by atoms with Gasteiger partial charge in [-0.15, -0.1) is 12.3 Å². The van der Waals surface area contributed by atoms with E-state index in [2.05, 4.69) is 5.92 Å². The first-order valence-electron chi connectivity index (χ1n) is 4.56. The zero-order chi connectivity index (χ0) is 11.0. The Morgan fingerprint density at radius 3 is 2.86 bits per heavy atom. The highest BCUT2D eigenvalue weighted by Crippen LogP contribution is 1.95. The van der Waals surface area contributed by atoms with Crippen LogP contribution >= 0.6 is 0 Å². The molecule has 4 nitrogen and oxygen atoms in total. The Morgan fingerprint density at radius 2 is 2.36 bits per heavy atom. The van der Waals surface area contributed by atoms with Gasteiger partial charge in [0.25, 0.3) is 0 Å². The van der Waals surface area contributed by atoms with Crippen molar-refractivity contribution in [3.63, 3.8) is 0 Å². The van der Waals surface area contributed by atoms with Gasteiger partial charge in [-0.25, -0.2) is 0 Å². The van der Waals surface area contributed by atoms with Gasteiger partial charge in [-0.05, 0) is 6.42 Å². The van der Waals surface area contributed by atoms with Crippen LogP contribution in [0.3, 0.4) is 0 Å². The average Bonchev–Trinajstić information content (AvgIpc) is 2.17. The number of hydrogen-bond acceptors (Lipinski definition) is 3. The van der Waals surface area contributed by atoms with E-state index >= 15 is 0 Å². The second-order valence-corrected chi connectivity index (χ2v) is 3.12. The van der Waals surface area contributed by atoms with Gasteiger partial charge < -0.3 is 15.4 Å². The molecular weight excluding hydrogens is 180 g/mol. The molecule has 0 aliphatic heterocycles. The number of ether oxygens (including phenoxy) is 1. The fourth-order valence-electron chi connectivity index (χ4n) is 1.05. The van der Waals surface area contributed by atoms with E-state index in [-0.39, 0.29) is 12.3 Å². The van der Waals surface area contributed by atoms with E-state index in [0.717, 1.165) is 6.42 Å². The molecule has 0 saturated carbocycles. The number of amides is 1. The summed E-state index contributed by atoms with van der Waals surface area (Å²) in [6, 6.07) is -0.576. The minimum Gasteiger partial charge on any atom is -0.385 e. The molecule has 0 aliphatic rings. The SMILES string of the molecule is C#CCC(N)C(=O)N(C)CCCOC. The van der Waals surface area contributed by atoms with Gasteiger partial charge in [-0.2, -0.15) is 0 Å². The van der Waals surface area contributed by atoms with Crippen LogP contribution in [0.1, 0.15) is 12.8 Å². The van der Waals surface area contributed by atoms with E-state index in [1.54, 1.807) is 19.1 Å². The number of carbonyl (C=O) groups excluding carboxylic acids is 1. The number of nitrogens with two attached hydrogens (primary N) is 1. The summed E-state index contributed by atoms with van der Waals surface area (Å²) in [5, 5.41) is 0. The van der Waals surface area contributed by atoms with Crippen molar-refractivity contribution in [3.05, 3.63) is 0 Å². The van der Waals surface area contributed by atoms with Crippen molar-refractivity contribution >= 4 is 5.91 Å². The number of likely N-dealkylation sites (N-methyl/N-ethyl adjacent to an activating group) is 1. The van der Waals surface area contributed by atoms with Gasteiger partial charge in [0.05, 0.1) is 6.04 Å². The van der Waals surface area contributed by atoms with Crippen LogP contribution < -0.4 is 5.73 Å². The van der Waals surface area contributed by atoms with Gasteiger partial charge in [0, 0.05) is 33.7 Å². The fraction of sp³-hybridized carbons (Fsp3) is 0.700. The highest BCUT2D eigenvalue weighted by molar-refractivity contribution is 5.81. The molecule has 0 aromatic rings. The molecule has 0 spiro atoms. The van der Waals surface area contributed by atoms with Crippen LogP contribution in [-0.2, 0) is 9.53 Å². The largest absolute Gasteiger partial charge is 0.385 e. The Morgan fingerprint density at radius 1 is 1.71 bits per heavy atom. The number of carbonyl (C=O) groups is 1. The van der Waals surface area contributed by atoms with E-state index < -0.39 is 6.04 Å². The first kappa shape index (κ1) is 12.9. The Labute approximate surface area is 85.4 Å². The van der Waals surface area contributed by atoms with Gasteiger partial charge in [0.15, 0.2) is 0 Å². The maximum absolute atomic E-state index is 11.5. The first-order valence-corrected chi connectivity index (χ1v) is 4.56. The Hall–Kier alpha value is -1.05. The second-order valence-electron chi connectivity index (χ2n) is 3.12. The number of rotatable bonds is 6. The third-order valence-corrected chi connectivity index (χ3v) is 1.87. The molecule has 0 radical (unpaired) electrons. The molecule has 80 valence electrons. The molecule has 0 aliphatic carbocycles. The lowest BCUT2D eigenvalue weighted by Crippen LogP contribution is -2.42. The smallest absolute Gasteiger partial charge is 0.240 e. The molecule has 4 heteroatoms. The van der Waals surface area contributed by atoms with Crippen LogP contribution in [-0.4, -0.2) is 44.2 Å². The molecule has 0 rings (SSSR count). The molecule has 0 aromatic heterocycles. The molecule has 0 aromatic carbocycles. The number of nitrogens with zero attached hydrogens (tertiary/aromatic N) is 1. The molecule has 0 bridgehead atoms. The fourth-order valence-corrected chi connectivity index (χ4v) is 1.05. The third-order valence-electron chi connectivity index (χ3n) is 1.87. The average molecular weight is 198 g/mol. The normalized spacial score (nSPS) is 11.9. The number of hydrogen-bond donors (Lipinski definition) is 1. The molecule has 14 heavy (non-hydrogen) atoms. The maximum Gasteiger partial charge on any atom is 0.240 e. The van der Waals surface area contributed by atoms with E-state index in [0.29, 0.717) is 13.2 Å². The number of methoxy groups -OCH3 is 1. The van der Waals surface area contributed by atoms with Crippen LogP contribution in [0.25, 0.3) is 0 Å². The van der Waals surface area contributed by atoms with Crippen molar-refractivity contribution in [2.75, 3.05) is 27.3 Å². The molecule has 0 heterocycles. The second kappa shape index (κ2) is 7.36. The highest BCUT2D eigenvalue weighted by atomic mass is 16.5. The van der Waals surface area contributed by atoms with Crippen molar-refractivity contribution in [1.29, 1.82) is 0 Å². The third kappa shape index (κ3) is 4.85. The van der Waals surface area contributed by atoms with Crippen molar-refractivity contribution in [2.24, 2.45) is 5.73 Å². The van der Waals surface area contributed by atoms with E-state index in [1.807, 2.05) is 0 Å². The molecule has 1 atom stereocenters. The van der Waals surface area contributed by atoms with Crippen LogP contribution in [0, 0.1) is 12.3 Å². The molecule has 1 unspecified atom stereocenters. The Bertz CT molecular complexity index is 211. The summed E-state index contributed by atoms with van der Waals surface area (Å²) in [6.45, 7) is 1.28. The van der Waals surface area contributed by atoms with Crippen molar-refractivity contribution < 1.29 is 9.53 Å². The summed E-state index contributed by atoms with van der Waals surface area (Å²) in [6.07, 6.45) is 6.16. The zero-order valence-electron chi connectivity index (χ0n) is 8.82. The van der Waals surface area contributed by atoms with Gasteiger partial charge in [-0.1, -0.05) is 0 Å². The molecule has 2 N–H and O–H groups in total. The summed E-state index contributed by atoms with van der Waals surface area (Å²) >= 11 is 0. The minimum absolute atomic E-state index is 0.112. The molecule has 0 saturated heterocycles. The lowest BCUT2D eigenvalue weighted by molar-refractivity contribution is -0.131. The van der Waals surface area contributed by atoms with Gasteiger partial charge in [0.1, 0.15) is 0 Å². The van der Waals surface area contributed by atoms with Crippen LogP contribution in [0.15, 0.2) is 0 Å². The Kier molecular flexibility index (Phi) is 6.81. The standard InChI is InChI=1S/C10H18N2O2/c1-4-6-9(11)10(13)12(2)7-5-8-14-3/h1,9H,5-8,11H2,2-3H3. The first-order chi connectivity index (χ1) is 6.63. The van der Waals surface area contributed by atoms with Gasteiger partial charge in [0.2, 0.25) is 5.91 Å². The van der Waals surface area contributed by atoms with Crippen LogP contribution in [0.4, 0.5) is 0 Å². The highest BCUT2D eigenvalue weighted by Gasteiger charge is 2.16. The van der Waals surface area contributed by atoms with Crippen molar-refractivity contribution in [1.82, 2.24) is 4.90 Å². The minimum atomic E-state index is -0.576. The molecule has 0 fully saturated rings. The topological polar surface area (TPSA) is 55.6 Å². The van der Waals surface area contributed by atoms with Gasteiger partial charge >= 0.3 is 0 Å². The zero-order valence-corrected chi connectivity index (χ0v) is 8.82. The molecule has 1 amide bonds. The quantitative estimate of drug-likeness (QED) is 0.476. The molecular formula is C10H18N2O2. The predicted octanol–water partition coefficient (Wildman–Crippen LogP) is -0.168. The summed E-state index contributed by atoms with van der Waals surface area (Å²) in [4.78, 5) is 13.1. The van der Waals surface area contributed by atoms with Gasteiger partial charge in [-0.3, -0.25) is 4.79 Å². The summed E-state index contributed by atoms with van der Waals surface area (Å²) < 4.78 is 4.88. The lowest BCUT2D eigenvalue weighted by Gasteiger charge is -2.19. The Balaban J connectivity index is 3.81. The predicted molar refractivity (Wildman–Crippen MR) is 55.6 cm³/mol. The summed E-state index contributed by atoms with van der Waals surface area (Å²) in [5.41, 5.74) is 5.57. The van der Waals surface area contributed by atoms with Crippen LogP contribution in [0.5, 0.6) is 0 Å². The van der Waals surface area contributed by atoms with Crippen molar-refractivity contribution in [3.8, 4) is 12.3 Å². The number of terminal acetylenes is 1. The van der Waals surface area contributed by atoms with Crippen LogP contribution in [0.2, 0.25) is 0 Å². The lowest BCUT2D eigenvalue weighted by atomic mass is 10.2. The summed E-state index contributed by atoms with van der Waals surface area (Å²) in [7, 11) is 3.35. The van der Waals surface area contributed by atoms with E-state index in [4.69, 9.17) is 16.9 Å². The van der Waals surface area contributed by atoms with Crippen molar-refractivity contribution in [2.45, 2.75) is 18.9 Å². The van der Waals surface area contributed by atoms with E-state index in [1.165, 1.54) is 0 Å². The monoisotopic (exact) mass is 198 g/mol.